The highest BCUT2D eigenvalue weighted by atomic mass is 16.5. The zero-order chi connectivity index (χ0) is 17.0. The molecule has 0 saturated carbocycles. The highest BCUT2D eigenvalue weighted by Crippen LogP contribution is 2.31. The summed E-state index contributed by atoms with van der Waals surface area (Å²) in [4.78, 5) is 26.6. The molecule has 2 amide bonds. The van der Waals surface area contributed by atoms with Gasteiger partial charge in [0.2, 0.25) is 11.8 Å². The minimum atomic E-state index is -0.560. The molecule has 0 bridgehead atoms. The SMILES string of the molecule is NCC1(C(=O)Nc2cccc(N3CCCCC3=O)c2)CCOCC1. The Bertz CT molecular complexity index is 611. The number of carbonyl (C=O) groups is 2. The Labute approximate surface area is 142 Å². The molecule has 0 atom stereocenters. The van der Waals surface area contributed by atoms with Gasteiger partial charge in [0.1, 0.15) is 0 Å². The fourth-order valence-electron chi connectivity index (χ4n) is 3.38. The molecule has 1 aromatic carbocycles. The first-order chi connectivity index (χ1) is 11.6. The highest BCUT2D eigenvalue weighted by molar-refractivity contribution is 5.98. The lowest BCUT2D eigenvalue weighted by atomic mass is 9.79. The number of anilines is 2. The molecule has 1 aromatic rings. The number of rotatable bonds is 4. The van der Waals surface area contributed by atoms with E-state index in [0.29, 0.717) is 44.7 Å². The van der Waals surface area contributed by atoms with Gasteiger partial charge in [0, 0.05) is 44.1 Å². The van der Waals surface area contributed by atoms with Crippen molar-refractivity contribution in [1.82, 2.24) is 0 Å². The number of hydrogen-bond acceptors (Lipinski definition) is 4. The van der Waals surface area contributed by atoms with Crippen LogP contribution in [-0.4, -0.2) is 38.1 Å². The van der Waals surface area contributed by atoms with E-state index in [1.165, 1.54) is 0 Å². The maximum absolute atomic E-state index is 12.7. The van der Waals surface area contributed by atoms with Crippen molar-refractivity contribution in [1.29, 1.82) is 0 Å². The van der Waals surface area contributed by atoms with Gasteiger partial charge in [0.15, 0.2) is 0 Å². The summed E-state index contributed by atoms with van der Waals surface area (Å²) in [6, 6.07) is 7.49. The zero-order valence-corrected chi connectivity index (χ0v) is 13.9. The van der Waals surface area contributed by atoms with Crippen molar-refractivity contribution in [2.75, 3.05) is 36.5 Å². The Morgan fingerprint density at radius 1 is 1.29 bits per heavy atom. The monoisotopic (exact) mass is 331 g/mol. The Morgan fingerprint density at radius 2 is 2.08 bits per heavy atom. The lowest BCUT2D eigenvalue weighted by Crippen LogP contribution is -2.46. The Kier molecular flexibility index (Phi) is 5.16. The van der Waals surface area contributed by atoms with Crippen LogP contribution in [0.4, 0.5) is 11.4 Å². The normalized spacial score (nSPS) is 20.7. The van der Waals surface area contributed by atoms with Gasteiger partial charge in [-0.2, -0.15) is 0 Å². The van der Waals surface area contributed by atoms with Crippen LogP contribution in [0.15, 0.2) is 24.3 Å². The first kappa shape index (κ1) is 16.9. The third-order valence-electron chi connectivity index (χ3n) is 5.06. The van der Waals surface area contributed by atoms with Gasteiger partial charge in [-0.3, -0.25) is 9.59 Å². The molecule has 2 aliphatic rings. The third-order valence-corrected chi connectivity index (χ3v) is 5.06. The van der Waals surface area contributed by atoms with Gasteiger partial charge in [-0.1, -0.05) is 6.07 Å². The number of ether oxygens (including phenoxy) is 1. The number of piperidine rings is 1. The van der Waals surface area contributed by atoms with E-state index in [0.717, 1.165) is 25.1 Å². The summed E-state index contributed by atoms with van der Waals surface area (Å²) in [6.45, 7) is 2.17. The lowest BCUT2D eigenvalue weighted by molar-refractivity contribution is -0.130. The molecule has 2 heterocycles. The van der Waals surface area contributed by atoms with Crippen LogP contribution < -0.4 is 16.0 Å². The van der Waals surface area contributed by atoms with Gasteiger partial charge >= 0.3 is 0 Å². The molecule has 2 fully saturated rings. The fourth-order valence-corrected chi connectivity index (χ4v) is 3.38. The van der Waals surface area contributed by atoms with Crippen molar-refractivity contribution in [3.05, 3.63) is 24.3 Å². The molecule has 0 unspecified atom stereocenters. The van der Waals surface area contributed by atoms with Crippen molar-refractivity contribution in [3.63, 3.8) is 0 Å². The second-order valence-electron chi connectivity index (χ2n) is 6.60. The summed E-state index contributed by atoms with van der Waals surface area (Å²) < 4.78 is 5.36. The van der Waals surface area contributed by atoms with Crippen molar-refractivity contribution >= 4 is 23.2 Å². The van der Waals surface area contributed by atoms with Crippen molar-refractivity contribution in [2.45, 2.75) is 32.1 Å². The lowest BCUT2D eigenvalue weighted by Gasteiger charge is -2.34. The predicted molar refractivity (Wildman–Crippen MR) is 92.8 cm³/mol. The maximum atomic E-state index is 12.7. The van der Waals surface area contributed by atoms with Crippen LogP contribution in [-0.2, 0) is 14.3 Å². The fraction of sp³-hybridized carbons (Fsp3) is 0.556. The molecule has 130 valence electrons. The molecular weight excluding hydrogens is 306 g/mol. The van der Waals surface area contributed by atoms with Crippen LogP contribution in [0.25, 0.3) is 0 Å². The molecule has 0 spiro atoms. The van der Waals surface area contributed by atoms with Gasteiger partial charge in [0.05, 0.1) is 5.41 Å². The zero-order valence-electron chi connectivity index (χ0n) is 13.9. The molecule has 0 radical (unpaired) electrons. The molecule has 6 heteroatoms. The van der Waals surface area contributed by atoms with E-state index in [-0.39, 0.29) is 11.8 Å². The number of hydrogen-bond donors (Lipinski definition) is 2. The number of amides is 2. The second kappa shape index (κ2) is 7.32. The largest absolute Gasteiger partial charge is 0.381 e. The molecule has 24 heavy (non-hydrogen) atoms. The summed E-state index contributed by atoms with van der Waals surface area (Å²) in [5, 5.41) is 2.99. The van der Waals surface area contributed by atoms with Crippen molar-refractivity contribution < 1.29 is 14.3 Å². The quantitative estimate of drug-likeness (QED) is 0.882. The Hall–Kier alpha value is -1.92. The summed E-state index contributed by atoms with van der Waals surface area (Å²) in [6.07, 6.45) is 3.83. The van der Waals surface area contributed by atoms with E-state index in [9.17, 15) is 9.59 Å². The predicted octanol–water partition coefficient (Wildman–Crippen LogP) is 1.90. The van der Waals surface area contributed by atoms with E-state index >= 15 is 0 Å². The van der Waals surface area contributed by atoms with Crippen molar-refractivity contribution in [2.24, 2.45) is 11.1 Å². The Morgan fingerprint density at radius 3 is 2.79 bits per heavy atom. The molecule has 2 saturated heterocycles. The minimum absolute atomic E-state index is 0.0598. The summed E-state index contributed by atoms with van der Waals surface area (Å²) in [5.41, 5.74) is 6.87. The van der Waals surface area contributed by atoms with Gasteiger partial charge < -0.3 is 20.7 Å². The van der Waals surface area contributed by atoms with Crippen LogP contribution in [0.3, 0.4) is 0 Å². The molecular formula is C18H25N3O3. The third kappa shape index (κ3) is 3.44. The molecule has 2 aliphatic heterocycles. The standard InChI is InChI=1S/C18H25N3O3/c19-13-18(7-10-24-11-8-18)17(23)20-14-4-3-5-15(12-14)21-9-2-1-6-16(21)22/h3-5,12H,1-2,6-11,13,19H2,(H,20,23). The minimum Gasteiger partial charge on any atom is -0.381 e. The number of nitrogens with one attached hydrogen (secondary N) is 1. The van der Waals surface area contributed by atoms with Gasteiger partial charge in [-0.25, -0.2) is 0 Å². The van der Waals surface area contributed by atoms with E-state index < -0.39 is 5.41 Å². The summed E-state index contributed by atoms with van der Waals surface area (Å²) in [5.74, 6) is 0.0861. The molecule has 0 aliphatic carbocycles. The van der Waals surface area contributed by atoms with E-state index in [1.54, 1.807) is 4.90 Å². The number of carbonyl (C=O) groups excluding carboxylic acids is 2. The second-order valence-corrected chi connectivity index (χ2v) is 6.60. The summed E-state index contributed by atoms with van der Waals surface area (Å²) >= 11 is 0. The topological polar surface area (TPSA) is 84.7 Å². The molecule has 6 nitrogen and oxygen atoms in total. The first-order valence-electron chi connectivity index (χ1n) is 8.64. The summed E-state index contributed by atoms with van der Waals surface area (Å²) in [7, 11) is 0. The molecule has 3 N–H and O–H groups in total. The van der Waals surface area contributed by atoms with Crippen molar-refractivity contribution in [3.8, 4) is 0 Å². The van der Waals surface area contributed by atoms with Crippen LogP contribution >= 0.6 is 0 Å². The van der Waals surface area contributed by atoms with Crippen LogP contribution in [0.1, 0.15) is 32.1 Å². The van der Waals surface area contributed by atoms with Gasteiger partial charge in [-0.05, 0) is 43.9 Å². The first-order valence-corrected chi connectivity index (χ1v) is 8.64. The highest BCUT2D eigenvalue weighted by Gasteiger charge is 2.38. The maximum Gasteiger partial charge on any atom is 0.232 e. The Balaban J connectivity index is 1.74. The van der Waals surface area contributed by atoms with Crippen LogP contribution in [0.5, 0.6) is 0 Å². The van der Waals surface area contributed by atoms with Crippen LogP contribution in [0, 0.1) is 5.41 Å². The average Bonchev–Trinajstić information content (AvgIpc) is 2.63. The van der Waals surface area contributed by atoms with Gasteiger partial charge in [0.25, 0.3) is 0 Å². The van der Waals surface area contributed by atoms with Crippen LogP contribution in [0.2, 0.25) is 0 Å². The smallest absolute Gasteiger partial charge is 0.232 e. The van der Waals surface area contributed by atoms with E-state index in [1.807, 2.05) is 24.3 Å². The average molecular weight is 331 g/mol. The molecule has 0 aromatic heterocycles. The van der Waals surface area contributed by atoms with Gasteiger partial charge in [-0.15, -0.1) is 0 Å². The number of nitrogens with two attached hydrogens (primary N) is 1. The number of nitrogens with zero attached hydrogens (tertiary/aromatic N) is 1. The van der Waals surface area contributed by atoms with E-state index in [4.69, 9.17) is 10.5 Å². The number of benzene rings is 1. The molecule has 3 rings (SSSR count). The van der Waals surface area contributed by atoms with E-state index in [2.05, 4.69) is 5.32 Å².